The summed E-state index contributed by atoms with van der Waals surface area (Å²) in [5, 5.41) is 2.63. The van der Waals surface area contributed by atoms with Crippen molar-refractivity contribution in [2.24, 2.45) is 0 Å². The lowest BCUT2D eigenvalue weighted by Gasteiger charge is -2.20. The van der Waals surface area contributed by atoms with Gasteiger partial charge in [0.25, 0.3) is 5.91 Å². The van der Waals surface area contributed by atoms with Crippen LogP contribution in [-0.4, -0.2) is 45.1 Å². The Morgan fingerprint density at radius 3 is 2.50 bits per heavy atom. The Hall–Kier alpha value is -2.32. The molecule has 0 spiro atoms. The molecule has 0 aliphatic carbocycles. The average molecular weight is 352 g/mol. The number of rotatable bonds is 8. The SMILES string of the molecule is COc1ccc(CN(CCNC(=O)c2ccco2)S(C)(=O)=O)cc1. The second-order valence-corrected chi connectivity index (χ2v) is 7.16. The predicted molar refractivity (Wildman–Crippen MR) is 89.3 cm³/mol. The van der Waals surface area contributed by atoms with Gasteiger partial charge in [-0.2, -0.15) is 4.31 Å². The van der Waals surface area contributed by atoms with Gasteiger partial charge in [0, 0.05) is 19.6 Å². The molecule has 1 N–H and O–H groups in total. The molecule has 0 radical (unpaired) electrons. The second kappa shape index (κ2) is 7.98. The van der Waals surface area contributed by atoms with Crippen LogP contribution in [0.4, 0.5) is 0 Å². The molecule has 2 aromatic rings. The summed E-state index contributed by atoms with van der Waals surface area (Å²) in [7, 11) is -1.83. The fourth-order valence-electron chi connectivity index (χ4n) is 2.09. The van der Waals surface area contributed by atoms with Gasteiger partial charge in [0.2, 0.25) is 10.0 Å². The van der Waals surface area contributed by atoms with E-state index >= 15 is 0 Å². The van der Waals surface area contributed by atoms with Gasteiger partial charge in [-0.1, -0.05) is 12.1 Å². The Kier molecular flexibility index (Phi) is 5.99. The van der Waals surface area contributed by atoms with Crippen molar-refractivity contribution >= 4 is 15.9 Å². The van der Waals surface area contributed by atoms with Crippen molar-refractivity contribution in [2.75, 3.05) is 26.5 Å². The summed E-state index contributed by atoms with van der Waals surface area (Å²) in [6.45, 7) is 0.569. The highest BCUT2D eigenvalue weighted by Crippen LogP contribution is 2.14. The van der Waals surface area contributed by atoms with E-state index in [1.807, 2.05) is 0 Å². The molecule has 1 aromatic carbocycles. The molecule has 2 rings (SSSR count). The van der Waals surface area contributed by atoms with Gasteiger partial charge >= 0.3 is 0 Å². The number of nitrogens with one attached hydrogen (secondary N) is 1. The van der Waals surface area contributed by atoms with Crippen molar-refractivity contribution in [3.05, 3.63) is 54.0 Å². The summed E-state index contributed by atoms with van der Waals surface area (Å²) >= 11 is 0. The molecule has 1 aromatic heterocycles. The number of hydrogen-bond donors (Lipinski definition) is 1. The number of sulfonamides is 1. The van der Waals surface area contributed by atoms with Crippen molar-refractivity contribution in [3.63, 3.8) is 0 Å². The first-order valence-corrected chi connectivity index (χ1v) is 9.15. The Bertz CT molecular complexity index is 754. The van der Waals surface area contributed by atoms with E-state index in [9.17, 15) is 13.2 Å². The van der Waals surface area contributed by atoms with Crippen LogP contribution in [0.3, 0.4) is 0 Å². The smallest absolute Gasteiger partial charge is 0.287 e. The first-order valence-electron chi connectivity index (χ1n) is 7.30. The standard InChI is InChI=1S/C16H20N2O5S/c1-22-14-7-5-13(6-8-14)12-18(24(2,20)21)10-9-17-16(19)15-4-3-11-23-15/h3-8,11H,9-10,12H2,1-2H3,(H,17,19). The maximum absolute atomic E-state index is 11.9. The quantitative estimate of drug-likeness (QED) is 0.777. The molecule has 7 nitrogen and oxygen atoms in total. The van der Waals surface area contributed by atoms with Crippen molar-refractivity contribution in [1.29, 1.82) is 0 Å². The number of furan rings is 1. The van der Waals surface area contributed by atoms with Crippen molar-refractivity contribution in [2.45, 2.75) is 6.54 Å². The zero-order valence-electron chi connectivity index (χ0n) is 13.6. The van der Waals surface area contributed by atoms with Gasteiger partial charge < -0.3 is 14.5 Å². The number of carbonyl (C=O) groups excluding carboxylic acids is 1. The third-order valence-corrected chi connectivity index (χ3v) is 4.63. The third kappa shape index (κ3) is 5.10. The maximum atomic E-state index is 11.9. The van der Waals surface area contributed by atoms with Crippen molar-refractivity contribution < 1.29 is 22.4 Å². The molecule has 0 atom stereocenters. The molecular formula is C16H20N2O5S. The van der Waals surface area contributed by atoms with Crippen LogP contribution in [-0.2, 0) is 16.6 Å². The molecule has 0 bridgehead atoms. The average Bonchev–Trinajstić information content (AvgIpc) is 3.08. The Balaban J connectivity index is 1.94. The van der Waals surface area contributed by atoms with E-state index in [1.165, 1.54) is 10.6 Å². The molecule has 0 aliphatic rings. The topological polar surface area (TPSA) is 88.8 Å². The fraction of sp³-hybridized carbons (Fsp3) is 0.312. The highest BCUT2D eigenvalue weighted by atomic mass is 32.2. The number of carbonyl (C=O) groups is 1. The van der Waals surface area contributed by atoms with Crippen LogP contribution in [0.25, 0.3) is 0 Å². The molecule has 0 aliphatic heterocycles. The lowest BCUT2D eigenvalue weighted by molar-refractivity contribution is 0.0924. The third-order valence-electron chi connectivity index (χ3n) is 3.38. The van der Waals surface area contributed by atoms with Gasteiger partial charge in [0.05, 0.1) is 19.6 Å². The minimum Gasteiger partial charge on any atom is -0.497 e. The number of benzene rings is 1. The molecule has 0 saturated heterocycles. The first-order chi connectivity index (χ1) is 11.4. The normalized spacial score (nSPS) is 11.5. The van der Waals surface area contributed by atoms with Gasteiger partial charge in [0.1, 0.15) is 5.75 Å². The molecule has 130 valence electrons. The van der Waals surface area contributed by atoms with Crippen molar-refractivity contribution in [3.8, 4) is 5.75 Å². The second-order valence-electron chi connectivity index (χ2n) is 5.18. The zero-order valence-corrected chi connectivity index (χ0v) is 14.4. The van der Waals surface area contributed by atoms with Crippen LogP contribution in [0.1, 0.15) is 16.1 Å². The lowest BCUT2D eigenvalue weighted by atomic mass is 10.2. The van der Waals surface area contributed by atoms with Gasteiger partial charge in [-0.3, -0.25) is 4.79 Å². The van der Waals surface area contributed by atoms with Crippen LogP contribution in [0.5, 0.6) is 5.75 Å². The van der Waals surface area contributed by atoms with Gasteiger partial charge in [0.15, 0.2) is 5.76 Å². The Morgan fingerprint density at radius 1 is 1.25 bits per heavy atom. The number of amides is 1. The summed E-state index contributed by atoms with van der Waals surface area (Å²) in [5.74, 6) is 0.518. The van der Waals surface area contributed by atoms with E-state index in [0.717, 1.165) is 11.8 Å². The van der Waals surface area contributed by atoms with Gasteiger partial charge in [-0.05, 0) is 29.8 Å². The predicted octanol–water partition coefficient (Wildman–Crippen LogP) is 1.48. The number of methoxy groups -OCH3 is 1. The largest absolute Gasteiger partial charge is 0.497 e. The summed E-state index contributed by atoms with van der Waals surface area (Å²) in [5.41, 5.74) is 0.832. The highest BCUT2D eigenvalue weighted by Gasteiger charge is 2.17. The van der Waals surface area contributed by atoms with Crippen LogP contribution in [0.2, 0.25) is 0 Å². The number of nitrogens with zero attached hydrogens (tertiary/aromatic N) is 1. The van der Waals surface area contributed by atoms with Crippen LogP contribution in [0, 0.1) is 0 Å². The Labute approximate surface area is 141 Å². The summed E-state index contributed by atoms with van der Waals surface area (Å²) in [4.78, 5) is 11.8. The number of ether oxygens (including phenoxy) is 1. The zero-order chi connectivity index (χ0) is 17.6. The summed E-state index contributed by atoms with van der Waals surface area (Å²) < 4.78 is 35.2. The molecular weight excluding hydrogens is 332 g/mol. The maximum Gasteiger partial charge on any atom is 0.287 e. The van der Waals surface area contributed by atoms with Crippen LogP contribution < -0.4 is 10.1 Å². The summed E-state index contributed by atoms with van der Waals surface area (Å²) in [6, 6.07) is 10.3. The molecule has 0 saturated carbocycles. The molecule has 0 fully saturated rings. The van der Waals surface area contributed by atoms with E-state index in [0.29, 0.717) is 5.75 Å². The first kappa shape index (κ1) is 18.0. The lowest BCUT2D eigenvalue weighted by Crippen LogP contribution is -2.37. The summed E-state index contributed by atoms with van der Waals surface area (Å²) in [6.07, 6.45) is 2.55. The fourth-order valence-corrected chi connectivity index (χ4v) is 2.89. The molecule has 0 unspecified atom stereocenters. The van der Waals surface area contributed by atoms with Crippen molar-refractivity contribution in [1.82, 2.24) is 9.62 Å². The minimum absolute atomic E-state index is 0.164. The van der Waals surface area contributed by atoms with Crippen LogP contribution >= 0.6 is 0 Å². The molecule has 24 heavy (non-hydrogen) atoms. The molecule has 1 amide bonds. The van der Waals surface area contributed by atoms with E-state index in [1.54, 1.807) is 43.5 Å². The van der Waals surface area contributed by atoms with E-state index in [-0.39, 0.29) is 31.3 Å². The van der Waals surface area contributed by atoms with E-state index in [4.69, 9.17) is 9.15 Å². The highest BCUT2D eigenvalue weighted by molar-refractivity contribution is 7.88. The van der Waals surface area contributed by atoms with E-state index < -0.39 is 10.0 Å². The van der Waals surface area contributed by atoms with Gasteiger partial charge in [-0.15, -0.1) is 0 Å². The van der Waals surface area contributed by atoms with Gasteiger partial charge in [-0.25, -0.2) is 8.42 Å². The van der Waals surface area contributed by atoms with Crippen LogP contribution in [0.15, 0.2) is 47.1 Å². The Morgan fingerprint density at radius 2 is 1.96 bits per heavy atom. The minimum atomic E-state index is -3.40. The number of hydrogen-bond acceptors (Lipinski definition) is 5. The molecule has 1 heterocycles. The van der Waals surface area contributed by atoms with E-state index in [2.05, 4.69) is 5.32 Å². The molecule has 8 heteroatoms. The monoisotopic (exact) mass is 352 g/mol.